The highest BCUT2D eigenvalue weighted by atomic mass is 16.2. The Morgan fingerprint density at radius 3 is 2.45 bits per heavy atom. The number of rotatable bonds is 4. The first-order valence-corrected chi connectivity index (χ1v) is 13.5. The van der Waals surface area contributed by atoms with Crippen LogP contribution < -0.4 is 4.90 Å². The van der Waals surface area contributed by atoms with Crippen LogP contribution in [0, 0.1) is 0 Å². The molecular formula is C30H36N6O2. The number of anilines is 1. The summed E-state index contributed by atoms with van der Waals surface area (Å²) in [5.74, 6) is 0.842. The molecule has 4 heterocycles. The van der Waals surface area contributed by atoms with Crippen LogP contribution in [0.4, 0.5) is 5.69 Å². The lowest BCUT2D eigenvalue weighted by molar-refractivity contribution is -0.116. The van der Waals surface area contributed by atoms with Crippen molar-refractivity contribution in [1.82, 2.24) is 24.8 Å². The third kappa shape index (κ3) is 5.60. The van der Waals surface area contributed by atoms with Crippen molar-refractivity contribution in [3.63, 3.8) is 0 Å². The number of amides is 2. The molecule has 3 aromatic rings. The highest BCUT2D eigenvalue weighted by molar-refractivity contribution is 5.94. The molecule has 2 aromatic heterocycles. The second-order valence-corrected chi connectivity index (χ2v) is 10.7. The first kappa shape index (κ1) is 26.0. The summed E-state index contributed by atoms with van der Waals surface area (Å²) in [5.41, 5.74) is 3.48. The van der Waals surface area contributed by atoms with Gasteiger partial charge in [0.2, 0.25) is 5.91 Å². The average molecular weight is 513 g/mol. The minimum absolute atomic E-state index is 0.0144. The molecule has 2 atom stereocenters. The fourth-order valence-electron chi connectivity index (χ4n) is 5.72. The van der Waals surface area contributed by atoms with Crippen LogP contribution in [-0.2, 0) is 17.9 Å². The molecule has 0 radical (unpaired) electrons. The Morgan fingerprint density at radius 1 is 0.974 bits per heavy atom. The summed E-state index contributed by atoms with van der Waals surface area (Å²) in [5, 5.41) is 0. The third-order valence-corrected chi connectivity index (χ3v) is 7.72. The molecule has 0 N–H and O–H groups in total. The Hall–Kier alpha value is -3.65. The van der Waals surface area contributed by atoms with Gasteiger partial charge in [-0.15, -0.1) is 0 Å². The van der Waals surface area contributed by atoms with Crippen LogP contribution in [0.5, 0.6) is 0 Å². The first-order valence-electron chi connectivity index (χ1n) is 13.5. The van der Waals surface area contributed by atoms with Crippen molar-refractivity contribution in [2.24, 2.45) is 0 Å². The van der Waals surface area contributed by atoms with E-state index in [1.54, 1.807) is 25.5 Å². The Labute approximate surface area is 224 Å². The van der Waals surface area contributed by atoms with Crippen LogP contribution in [0.15, 0.2) is 61.2 Å². The molecule has 1 saturated heterocycles. The monoisotopic (exact) mass is 512 g/mol. The van der Waals surface area contributed by atoms with Crippen molar-refractivity contribution in [3.05, 3.63) is 83.7 Å². The number of carbonyl (C=O) groups excluding carboxylic acids is 2. The van der Waals surface area contributed by atoms with Gasteiger partial charge in [0.1, 0.15) is 5.82 Å². The molecule has 2 amide bonds. The van der Waals surface area contributed by atoms with Crippen molar-refractivity contribution < 1.29 is 9.59 Å². The maximum Gasteiger partial charge on any atom is 0.257 e. The van der Waals surface area contributed by atoms with Crippen molar-refractivity contribution in [2.45, 2.75) is 71.1 Å². The van der Waals surface area contributed by atoms with Gasteiger partial charge >= 0.3 is 0 Å². The number of hydrogen-bond donors (Lipinski definition) is 0. The lowest BCUT2D eigenvalue weighted by Gasteiger charge is -2.33. The van der Waals surface area contributed by atoms with Crippen LogP contribution >= 0.6 is 0 Å². The van der Waals surface area contributed by atoms with E-state index in [2.05, 4.69) is 25.9 Å². The second kappa shape index (κ2) is 11.4. The van der Waals surface area contributed by atoms with E-state index in [0.717, 1.165) is 48.4 Å². The molecule has 0 spiro atoms. The van der Waals surface area contributed by atoms with Crippen LogP contribution in [0.3, 0.4) is 0 Å². The van der Waals surface area contributed by atoms with E-state index >= 15 is 0 Å². The fourth-order valence-corrected chi connectivity index (χ4v) is 5.72. The first-order chi connectivity index (χ1) is 18.4. The zero-order valence-corrected chi connectivity index (χ0v) is 22.5. The van der Waals surface area contributed by atoms with Crippen molar-refractivity contribution >= 4 is 17.5 Å². The van der Waals surface area contributed by atoms with Crippen LogP contribution in [0.2, 0.25) is 0 Å². The Balaban J connectivity index is 1.52. The van der Waals surface area contributed by atoms with E-state index < -0.39 is 0 Å². The summed E-state index contributed by atoms with van der Waals surface area (Å²) in [6, 6.07) is 12.5. The van der Waals surface area contributed by atoms with Crippen molar-refractivity contribution in [1.29, 1.82) is 0 Å². The van der Waals surface area contributed by atoms with Crippen LogP contribution in [0.25, 0.3) is 0 Å². The lowest BCUT2D eigenvalue weighted by atomic mass is 10.1. The van der Waals surface area contributed by atoms with Gasteiger partial charge in [-0.25, -0.2) is 9.97 Å². The predicted molar refractivity (Wildman–Crippen MR) is 147 cm³/mol. The Kier molecular flexibility index (Phi) is 7.79. The molecule has 8 heteroatoms. The van der Waals surface area contributed by atoms with Gasteiger partial charge in [0.05, 0.1) is 5.56 Å². The molecule has 5 rings (SSSR count). The summed E-state index contributed by atoms with van der Waals surface area (Å²) in [7, 11) is 0. The third-order valence-electron chi connectivity index (χ3n) is 7.72. The van der Waals surface area contributed by atoms with E-state index in [1.807, 2.05) is 60.2 Å². The van der Waals surface area contributed by atoms with E-state index in [1.165, 1.54) is 0 Å². The van der Waals surface area contributed by atoms with Crippen LogP contribution in [0.1, 0.15) is 73.3 Å². The number of nitrogens with zero attached hydrogens (tertiary/aromatic N) is 6. The molecule has 0 saturated carbocycles. The largest absolute Gasteiger partial charge is 0.333 e. The second-order valence-electron chi connectivity index (χ2n) is 10.7. The normalized spacial score (nSPS) is 20.2. The Morgan fingerprint density at radius 2 is 1.74 bits per heavy atom. The molecule has 2 aliphatic rings. The average Bonchev–Trinajstić information content (AvgIpc) is 3.28. The number of fused-ring (bicyclic) bond motifs is 3. The van der Waals surface area contributed by atoms with Gasteiger partial charge in [0.25, 0.3) is 5.91 Å². The number of benzene rings is 1. The Bertz CT molecular complexity index is 1260. The molecule has 2 aliphatic heterocycles. The van der Waals surface area contributed by atoms with Crippen molar-refractivity contribution in [3.8, 4) is 0 Å². The minimum Gasteiger partial charge on any atom is -0.333 e. The van der Waals surface area contributed by atoms with Crippen molar-refractivity contribution in [2.75, 3.05) is 18.0 Å². The van der Waals surface area contributed by atoms with E-state index in [4.69, 9.17) is 0 Å². The minimum atomic E-state index is -0.0893. The van der Waals surface area contributed by atoms with Gasteiger partial charge in [-0.3, -0.25) is 19.5 Å². The SMILES string of the molecule is CC(=O)N1CCC2CCC(CN(C(=O)c3cnc(C(C)C)nc3)Cc3ccccc31)N2Cc1cccnc1. The highest BCUT2D eigenvalue weighted by Crippen LogP contribution is 2.33. The summed E-state index contributed by atoms with van der Waals surface area (Å²) in [6.07, 6.45) is 9.91. The summed E-state index contributed by atoms with van der Waals surface area (Å²) in [4.78, 5) is 46.3. The molecule has 8 nitrogen and oxygen atoms in total. The van der Waals surface area contributed by atoms with Gasteiger partial charge in [-0.2, -0.15) is 0 Å². The molecule has 2 unspecified atom stereocenters. The summed E-state index contributed by atoms with van der Waals surface area (Å²) >= 11 is 0. The number of hydrogen-bond acceptors (Lipinski definition) is 6. The predicted octanol–water partition coefficient (Wildman–Crippen LogP) is 4.43. The molecule has 198 valence electrons. The summed E-state index contributed by atoms with van der Waals surface area (Å²) < 4.78 is 0. The molecule has 38 heavy (non-hydrogen) atoms. The van der Waals surface area contributed by atoms with Crippen LogP contribution in [-0.4, -0.2) is 61.7 Å². The highest BCUT2D eigenvalue weighted by Gasteiger charge is 2.37. The van der Waals surface area contributed by atoms with Gasteiger partial charge in [0.15, 0.2) is 0 Å². The standard InChI is InChI=1S/C30H36N6O2/c1-21(2)29-32-16-25(17-33-29)30(38)34-19-24-8-4-5-9-28(24)35(22(3)37)14-12-26-10-11-27(20-34)36(26)18-23-7-6-13-31-15-23/h4-9,13,15-17,21,26-27H,10-12,14,18-20H2,1-3H3. The molecular weight excluding hydrogens is 476 g/mol. The molecule has 2 bridgehead atoms. The molecule has 1 aromatic carbocycles. The number of aromatic nitrogens is 3. The van der Waals surface area contributed by atoms with Gasteiger partial charge in [-0.1, -0.05) is 38.1 Å². The molecule has 0 aliphatic carbocycles. The zero-order valence-electron chi connectivity index (χ0n) is 22.5. The van der Waals surface area contributed by atoms with E-state index in [9.17, 15) is 9.59 Å². The maximum absolute atomic E-state index is 13.9. The summed E-state index contributed by atoms with van der Waals surface area (Å²) in [6.45, 7) is 8.11. The maximum atomic E-state index is 13.9. The smallest absolute Gasteiger partial charge is 0.257 e. The van der Waals surface area contributed by atoms with E-state index in [-0.39, 0.29) is 23.8 Å². The number of para-hydroxylation sites is 1. The van der Waals surface area contributed by atoms with Gasteiger partial charge in [0, 0.05) is 81.6 Å². The molecule has 1 fully saturated rings. The fraction of sp³-hybridized carbons (Fsp3) is 0.433. The number of carbonyl (C=O) groups is 2. The topological polar surface area (TPSA) is 82.5 Å². The number of pyridine rings is 1. The zero-order chi connectivity index (χ0) is 26.6. The lowest BCUT2D eigenvalue weighted by Crippen LogP contribution is -2.45. The van der Waals surface area contributed by atoms with Gasteiger partial charge in [-0.05, 0) is 42.5 Å². The quantitative estimate of drug-likeness (QED) is 0.515. The van der Waals surface area contributed by atoms with Gasteiger partial charge < -0.3 is 9.80 Å². The van der Waals surface area contributed by atoms with E-state index in [0.29, 0.717) is 31.2 Å².